The molecule has 3 fully saturated rings. The Morgan fingerprint density at radius 2 is 1.04 bits per heavy atom. The first-order valence-electron chi connectivity index (χ1n) is 11.7. The molecular formula is C24H40O4. The summed E-state index contributed by atoms with van der Waals surface area (Å²) >= 11 is 0. The van der Waals surface area contributed by atoms with Crippen LogP contribution in [-0.2, 0) is 19.1 Å². The molecule has 0 atom stereocenters. The molecule has 0 spiro atoms. The minimum absolute atomic E-state index is 0.0135. The normalized spacial score (nSPS) is 36.6. The monoisotopic (exact) mass is 392 g/mol. The molecule has 0 aromatic carbocycles. The molecule has 0 aliphatic heterocycles. The number of rotatable bonds is 7. The SMILES string of the molecule is COCCOC(=O)C1CCC(C2CCC(C3CCC(C(C)=O)CC3)CC2)CC1. The maximum Gasteiger partial charge on any atom is 0.309 e. The van der Waals surface area contributed by atoms with Gasteiger partial charge in [-0.15, -0.1) is 0 Å². The molecule has 3 aliphatic carbocycles. The molecule has 4 nitrogen and oxygen atoms in total. The number of hydrogen-bond donors (Lipinski definition) is 0. The number of methoxy groups -OCH3 is 1. The van der Waals surface area contributed by atoms with Crippen molar-refractivity contribution in [3.05, 3.63) is 0 Å². The quantitative estimate of drug-likeness (QED) is 0.442. The smallest absolute Gasteiger partial charge is 0.309 e. The number of carbonyl (C=O) groups is 2. The minimum Gasteiger partial charge on any atom is -0.463 e. The van der Waals surface area contributed by atoms with Crippen molar-refractivity contribution in [3.63, 3.8) is 0 Å². The van der Waals surface area contributed by atoms with E-state index in [0.29, 0.717) is 24.9 Å². The third-order valence-electron chi connectivity index (χ3n) is 8.13. The van der Waals surface area contributed by atoms with E-state index in [1.165, 1.54) is 51.4 Å². The summed E-state index contributed by atoms with van der Waals surface area (Å²) in [4.78, 5) is 23.7. The largest absolute Gasteiger partial charge is 0.463 e. The minimum atomic E-state index is -0.0135. The third-order valence-corrected chi connectivity index (χ3v) is 8.13. The number of esters is 1. The van der Waals surface area contributed by atoms with Gasteiger partial charge >= 0.3 is 5.97 Å². The molecule has 3 rings (SSSR count). The zero-order valence-electron chi connectivity index (χ0n) is 18.0. The van der Waals surface area contributed by atoms with Crippen LogP contribution < -0.4 is 0 Å². The van der Waals surface area contributed by atoms with Crippen molar-refractivity contribution in [1.29, 1.82) is 0 Å². The number of ether oxygens (including phenoxy) is 2. The highest BCUT2D eigenvalue weighted by Gasteiger charge is 2.36. The van der Waals surface area contributed by atoms with Crippen LogP contribution in [0.2, 0.25) is 0 Å². The summed E-state index contributed by atoms with van der Waals surface area (Å²) in [7, 11) is 1.63. The second-order valence-electron chi connectivity index (χ2n) is 9.67. The van der Waals surface area contributed by atoms with E-state index < -0.39 is 0 Å². The van der Waals surface area contributed by atoms with E-state index in [4.69, 9.17) is 9.47 Å². The predicted octanol–water partition coefficient (Wildman–Crippen LogP) is 5.18. The number of Topliss-reactive ketones (excluding diaryl/α,β-unsaturated/α-hetero) is 1. The van der Waals surface area contributed by atoms with Crippen molar-refractivity contribution in [2.75, 3.05) is 20.3 Å². The van der Waals surface area contributed by atoms with E-state index in [-0.39, 0.29) is 11.9 Å². The Labute approximate surface area is 171 Å². The highest BCUT2D eigenvalue weighted by Crippen LogP contribution is 2.46. The lowest BCUT2D eigenvalue weighted by Crippen LogP contribution is -2.32. The van der Waals surface area contributed by atoms with Crippen LogP contribution in [0, 0.1) is 35.5 Å². The summed E-state index contributed by atoms with van der Waals surface area (Å²) in [5.41, 5.74) is 0. The fourth-order valence-electron chi connectivity index (χ4n) is 6.25. The van der Waals surface area contributed by atoms with Gasteiger partial charge in [0.05, 0.1) is 12.5 Å². The van der Waals surface area contributed by atoms with E-state index in [1.807, 2.05) is 0 Å². The predicted molar refractivity (Wildman–Crippen MR) is 110 cm³/mol. The Morgan fingerprint density at radius 1 is 0.643 bits per heavy atom. The van der Waals surface area contributed by atoms with Gasteiger partial charge in [-0.1, -0.05) is 0 Å². The highest BCUT2D eigenvalue weighted by molar-refractivity contribution is 5.78. The topological polar surface area (TPSA) is 52.6 Å². The summed E-state index contributed by atoms with van der Waals surface area (Å²) < 4.78 is 10.3. The molecule has 0 aromatic rings. The van der Waals surface area contributed by atoms with E-state index in [2.05, 4.69) is 0 Å². The average Bonchev–Trinajstić information content (AvgIpc) is 2.74. The van der Waals surface area contributed by atoms with Crippen LogP contribution in [0.3, 0.4) is 0 Å². The van der Waals surface area contributed by atoms with E-state index >= 15 is 0 Å². The molecule has 0 bridgehead atoms. The molecule has 3 saturated carbocycles. The molecule has 3 aliphatic rings. The maximum absolute atomic E-state index is 12.1. The van der Waals surface area contributed by atoms with Crippen LogP contribution in [-0.4, -0.2) is 32.1 Å². The fourth-order valence-corrected chi connectivity index (χ4v) is 6.25. The molecule has 0 unspecified atom stereocenters. The van der Waals surface area contributed by atoms with Crippen molar-refractivity contribution in [3.8, 4) is 0 Å². The van der Waals surface area contributed by atoms with Gasteiger partial charge in [-0.3, -0.25) is 9.59 Å². The maximum atomic E-state index is 12.1. The van der Waals surface area contributed by atoms with E-state index in [0.717, 1.165) is 49.4 Å². The zero-order valence-corrected chi connectivity index (χ0v) is 18.0. The average molecular weight is 393 g/mol. The van der Waals surface area contributed by atoms with Gasteiger partial charge in [0.25, 0.3) is 0 Å². The molecule has 0 radical (unpaired) electrons. The van der Waals surface area contributed by atoms with Crippen molar-refractivity contribution in [2.24, 2.45) is 35.5 Å². The fraction of sp³-hybridized carbons (Fsp3) is 0.917. The van der Waals surface area contributed by atoms with Crippen LogP contribution in [0.25, 0.3) is 0 Å². The second kappa shape index (κ2) is 10.8. The van der Waals surface area contributed by atoms with Crippen LogP contribution in [0.1, 0.15) is 84.0 Å². The number of ketones is 1. The van der Waals surface area contributed by atoms with Crippen molar-refractivity contribution in [1.82, 2.24) is 0 Å². The van der Waals surface area contributed by atoms with Gasteiger partial charge in [0.1, 0.15) is 12.4 Å². The van der Waals surface area contributed by atoms with Crippen LogP contribution in [0.4, 0.5) is 0 Å². The van der Waals surface area contributed by atoms with Crippen molar-refractivity contribution < 1.29 is 19.1 Å². The number of hydrogen-bond acceptors (Lipinski definition) is 4. The molecule has 0 N–H and O–H groups in total. The number of carbonyl (C=O) groups excluding carboxylic acids is 2. The highest BCUT2D eigenvalue weighted by atomic mass is 16.6. The van der Waals surface area contributed by atoms with Gasteiger partial charge in [0.15, 0.2) is 0 Å². The standard InChI is InChI=1S/C24H40O4/c1-17(25)18-3-5-19(6-4-18)20-7-9-21(10-8-20)22-11-13-23(14-12-22)24(26)28-16-15-27-2/h18-23H,3-16H2,1-2H3. The first kappa shape index (κ1) is 21.8. The summed E-state index contributed by atoms with van der Waals surface area (Å²) in [6.45, 7) is 2.64. The molecule has 0 saturated heterocycles. The lowest BCUT2D eigenvalue weighted by atomic mass is 9.65. The summed E-state index contributed by atoms with van der Waals surface area (Å²) in [5.74, 6) is 4.31. The third kappa shape index (κ3) is 5.81. The van der Waals surface area contributed by atoms with Gasteiger partial charge in [0.2, 0.25) is 0 Å². The molecule has 0 heterocycles. The lowest BCUT2D eigenvalue weighted by Gasteiger charge is -2.41. The lowest BCUT2D eigenvalue weighted by molar-refractivity contribution is -0.151. The van der Waals surface area contributed by atoms with Crippen molar-refractivity contribution in [2.45, 2.75) is 84.0 Å². The Hall–Kier alpha value is -0.900. The molecule has 0 amide bonds. The first-order valence-corrected chi connectivity index (χ1v) is 11.7. The van der Waals surface area contributed by atoms with Gasteiger partial charge in [-0.25, -0.2) is 0 Å². The molecule has 28 heavy (non-hydrogen) atoms. The van der Waals surface area contributed by atoms with Gasteiger partial charge in [-0.05, 0) is 108 Å². The Bertz CT molecular complexity index is 493. The summed E-state index contributed by atoms with van der Waals surface area (Å²) in [6.07, 6.45) is 14.7. The molecule has 4 heteroatoms. The summed E-state index contributed by atoms with van der Waals surface area (Å²) in [5, 5.41) is 0. The first-order chi connectivity index (χ1) is 13.6. The summed E-state index contributed by atoms with van der Waals surface area (Å²) in [6, 6.07) is 0. The van der Waals surface area contributed by atoms with Crippen molar-refractivity contribution >= 4 is 11.8 Å². The van der Waals surface area contributed by atoms with Gasteiger partial charge < -0.3 is 9.47 Å². The van der Waals surface area contributed by atoms with E-state index in [1.54, 1.807) is 14.0 Å². The van der Waals surface area contributed by atoms with Gasteiger partial charge in [-0.2, -0.15) is 0 Å². The molecule has 0 aromatic heterocycles. The Kier molecular flexibility index (Phi) is 8.37. The van der Waals surface area contributed by atoms with Crippen LogP contribution >= 0.6 is 0 Å². The Balaban J connectivity index is 1.35. The van der Waals surface area contributed by atoms with Crippen LogP contribution in [0.15, 0.2) is 0 Å². The van der Waals surface area contributed by atoms with Crippen LogP contribution in [0.5, 0.6) is 0 Å². The zero-order chi connectivity index (χ0) is 19.9. The molecule has 160 valence electrons. The Morgan fingerprint density at radius 3 is 1.43 bits per heavy atom. The van der Waals surface area contributed by atoms with Gasteiger partial charge in [0, 0.05) is 13.0 Å². The second-order valence-corrected chi connectivity index (χ2v) is 9.67. The molecular weight excluding hydrogens is 352 g/mol. The van der Waals surface area contributed by atoms with E-state index in [9.17, 15) is 9.59 Å².